The van der Waals surface area contributed by atoms with Crippen LogP contribution >= 0.6 is 0 Å². The quantitative estimate of drug-likeness (QED) is 0.0680. The van der Waals surface area contributed by atoms with Crippen molar-refractivity contribution in [2.75, 3.05) is 67.2 Å². The minimum Gasteiger partial charge on any atom is -0.393 e. The second-order valence-electron chi connectivity index (χ2n) is 9.66. The van der Waals surface area contributed by atoms with Crippen molar-refractivity contribution in [1.82, 2.24) is 20.4 Å². The minimum atomic E-state index is 0.312. The van der Waals surface area contributed by atoms with E-state index in [1.54, 1.807) is 0 Å². The van der Waals surface area contributed by atoms with Crippen LogP contribution in [0.4, 0.5) is 0 Å². The Morgan fingerprint density at radius 3 is 2.38 bits per heavy atom. The van der Waals surface area contributed by atoms with Crippen molar-refractivity contribution in [2.24, 2.45) is 16.6 Å². The number of allylic oxidation sites excluding steroid dienone is 1. The highest BCUT2D eigenvalue weighted by Gasteiger charge is 2.17. The second-order valence-corrected chi connectivity index (χ2v) is 9.66. The molecule has 0 spiro atoms. The van der Waals surface area contributed by atoms with Crippen LogP contribution in [0.3, 0.4) is 0 Å². The molecule has 1 rings (SSSR count). The van der Waals surface area contributed by atoms with Gasteiger partial charge in [0.15, 0.2) is 0 Å². The zero-order chi connectivity index (χ0) is 30.4. The van der Waals surface area contributed by atoms with Gasteiger partial charge in [-0.15, -0.1) is 0 Å². The van der Waals surface area contributed by atoms with Gasteiger partial charge < -0.3 is 30.8 Å². The number of likely N-dealkylation sites (tertiary alicyclic amines) is 1. The molecule has 0 saturated carbocycles. The van der Waals surface area contributed by atoms with Crippen molar-refractivity contribution in [3.8, 4) is 0 Å². The molecule has 1 fully saturated rings. The number of unbranched alkanes of at least 4 members (excludes halogenated alkanes) is 1. The summed E-state index contributed by atoms with van der Waals surface area (Å²) in [7, 11) is 5.32. The summed E-state index contributed by atoms with van der Waals surface area (Å²) in [5, 5.41) is 6.37. The van der Waals surface area contributed by atoms with Crippen LogP contribution in [-0.4, -0.2) is 89.1 Å². The molecule has 0 amide bonds. The Bertz CT molecular complexity index is 698. The average molecular weight is 565 g/mol. The van der Waals surface area contributed by atoms with Crippen LogP contribution in [0.2, 0.25) is 0 Å². The Hall–Kier alpha value is -2.16. The number of carbonyl (C=O) groups is 1. The molecule has 0 aromatic carbocycles. The Kier molecular flexibility index (Phi) is 29.8. The van der Waals surface area contributed by atoms with Gasteiger partial charge in [0.05, 0.1) is 0 Å². The number of hydrogen-bond donors (Lipinski definition) is 3. The summed E-state index contributed by atoms with van der Waals surface area (Å²) in [6.45, 7) is 16.4. The van der Waals surface area contributed by atoms with Crippen molar-refractivity contribution in [2.45, 2.75) is 86.0 Å². The predicted octanol–water partition coefficient (Wildman–Crippen LogP) is 5.34. The fourth-order valence-electron chi connectivity index (χ4n) is 4.48. The van der Waals surface area contributed by atoms with Crippen molar-refractivity contribution in [3.05, 3.63) is 35.7 Å². The third-order valence-electron chi connectivity index (χ3n) is 6.34. The molecule has 8 nitrogen and oxygen atoms in total. The highest BCUT2D eigenvalue weighted by atomic mass is 16.5. The molecule has 0 aliphatic carbocycles. The predicted molar refractivity (Wildman–Crippen MR) is 175 cm³/mol. The number of nitrogens with zero attached hydrogens (tertiary/aromatic N) is 3. The van der Waals surface area contributed by atoms with Gasteiger partial charge in [-0.25, -0.2) is 4.99 Å². The van der Waals surface area contributed by atoms with Crippen LogP contribution in [0, 0.1) is 5.92 Å². The lowest BCUT2D eigenvalue weighted by Crippen LogP contribution is -2.37. The Labute approximate surface area is 247 Å². The molecule has 0 aromatic rings. The zero-order valence-electron chi connectivity index (χ0n) is 27.3. The monoisotopic (exact) mass is 565 g/mol. The van der Waals surface area contributed by atoms with E-state index in [1.807, 2.05) is 34.1 Å². The summed E-state index contributed by atoms with van der Waals surface area (Å²) in [4.78, 5) is 21.0. The molecule has 234 valence electrons. The van der Waals surface area contributed by atoms with Crippen molar-refractivity contribution < 1.29 is 9.53 Å². The molecule has 4 N–H and O–H groups in total. The van der Waals surface area contributed by atoms with E-state index in [0.717, 1.165) is 50.4 Å². The molecule has 0 bridgehead atoms. The van der Waals surface area contributed by atoms with Crippen LogP contribution in [0.25, 0.3) is 0 Å². The van der Waals surface area contributed by atoms with E-state index in [1.165, 1.54) is 51.4 Å². The van der Waals surface area contributed by atoms with Crippen LogP contribution < -0.4 is 16.4 Å². The summed E-state index contributed by atoms with van der Waals surface area (Å²) < 4.78 is 5.76. The van der Waals surface area contributed by atoms with Crippen molar-refractivity contribution >= 4 is 12.1 Å². The highest BCUT2D eigenvalue weighted by molar-refractivity contribution is 5.84. The van der Waals surface area contributed by atoms with E-state index in [2.05, 4.69) is 65.2 Å². The summed E-state index contributed by atoms with van der Waals surface area (Å²) in [5.74, 6) is 1.26. The van der Waals surface area contributed by atoms with Crippen molar-refractivity contribution in [1.29, 1.82) is 0 Å². The SMILES string of the molecule is C/C=C\C(=C/C(C)CN(CCC=O)/C(C/C(=C\NC)NC)=N/COCCCC)CN1CCCCCC1.CC.CN. The molecule has 40 heavy (non-hydrogen) atoms. The first-order chi connectivity index (χ1) is 19.6. The Morgan fingerprint density at radius 2 is 1.82 bits per heavy atom. The van der Waals surface area contributed by atoms with Gasteiger partial charge in [0.2, 0.25) is 0 Å². The third kappa shape index (κ3) is 20.7. The smallest absolute Gasteiger partial charge is 0.139 e. The van der Waals surface area contributed by atoms with E-state index in [4.69, 9.17) is 9.73 Å². The highest BCUT2D eigenvalue weighted by Crippen LogP contribution is 2.15. The van der Waals surface area contributed by atoms with Gasteiger partial charge in [-0.3, -0.25) is 4.90 Å². The van der Waals surface area contributed by atoms with E-state index < -0.39 is 0 Å². The van der Waals surface area contributed by atoms with Gasteiger partial charge in [0.1, 0.15) is 18.9 Å². The van der Waals surface area contributed by atoms with Crippen LogP contribution in [-0.2, 0) is 9.53 Å². The Morgan fingerprint density at radius 1 is 1.15 bits per heavy atom. The molecule has 8 heteroatoms. The number of amidine groups is 1. The lowest BCUT2D eigenvalue weighted by atomic mass is 10.0. The Balaban J connectivity index is 0. The zero-order valence-corrected chi connectivity index (χ0v) is 27.3. The molecule has 1 atom stereocenters. The van der Waals surface area contributed by atoms with Gasteiger partial charge in [-0.1, -0.05) is 65.2 Å². The molecular formula is C32H64N6O2. The maximum atomic E-state index is 11.3. The molecule has 0 aromatic heterocycles. The topological polar surface area (TPSA) is 95.2 Å². The summed E-state index contributed by atoms with van der Waals surface area (Å²) >= 11 is 0. The molecule has 1 heterocycles. The minimum absolute atomic E-state index is 0.312. The lowest BCUT2D eigenvalue weighted by molar-refractivity contribution is -0.108. The third-order valence-corrected chi connectivity index (χ3v) is 6.34. The first kappa shape index (κ1) is 40.0. The van der Waals surface area contributed by atoms with Crippen LogP contribution in [0.1, 0.15) is 86.0 Å². The number of hydrogen-bond acceptors (Lipinski definition) is 7. The van der Waals surface area contributed by atoms with E-state index in [-0.39, 0.29) is 0 Å². The average Bonchev–Trinajstić information content (AvgIpc) is 3.25. The largest absolute Gasteiger partial charge is 0.393 e. The van der Waals surface area contributed by atoms with Gasteiger partial charge >= 0.3 is 0 Å². The number of rotatable bonds is 18. The number of nitrogens with one attached hydrogen (secondary N) is 2. The molecule has 1 unspecified atom stereocenters. The number of aldehydes is 1. The maximum absolute atomic E-state index is 11.3. The second kappa shape index (κ2) is 29.8. The van der Waals surface area contributed by atoms with Crippen LogP contribution in [0.5, 0.6) is 0 Å². The number of aliphatic imine (C=N–C) groups is 1. The summed E-state index contributed by atoms with van der Waals surface area (Å²) in [6.07, 6.45) is 18.3. The van der Waals surface area contributed by atoms with Crippen molar-refractivity contribution in [3.63, 3.8) is 0 Å². The van der Waals surface area contributed by atoms with E-state index >= 15 is 0 Å². The normalized spacial score (nSPS) is 15.8. The molecule has 1 saturated heterocycles. The van der Waals surface area contributed by atoms with Gasteiger partial charge in [0, 0.05) is 65.1 Å². The fraction of sp³-hybridized carbons (Fsp3) is 0.750. The molecule has 0 radical (unpaired) electrons. The van der Waals surface area contributed by atoms with E-state index in [9.17, 15) is 4.79 Å². The molecule has 1 aliphatic heterocycles. The summed E-state index contributed by atoms with van der Waals surface area (Å²) in [5.41, 5.74) is 6.91. The molecular weight excluding hydrogens is 500 g/mol. The van der Waals surface area contributed by atoms with Gasteiger partial charge in [-0.2, -0.15) is 0 Å². The summed E-state index contributed by atoms with van der Waals surface area (Å²) in [6, 6.07) is 0. The maximum Gasteiger partial charge on any atom is 0.139 e. The number of ether oxygens (including phenoxy) is 1. The standard InChI is InChI=1S/C29H53N5O2.C2H6.CH5N/c1-6-8-19-36-25-32-29(21-28(31-5)22-30-4)34(17-13-18-35)23-26(3)20-27(14-7-2)24-33-15-11-9-10-12-16-33;2*1-2/h7,14,18,20,22,26,30-31H,6,8-13,15-17,19,21,23-25H2,1-5H3;1-2H3;2H2,1H3/b14-7-,27-20+,28-22+,32-29+;;. The first-order valence-electron chi connectivity index (χ1n) is 15.5. The van der Waals surface area contributed by atoms with Gasteiger partial charge in [-0.05, 0) is 57.8 Å². The fourth-order valence-corrected chi connectivity index (χ4v) is 4.48. The number of carbonyl (C=O) groups excluding carboxylic acids is 1. The molecule has 1 aliphatic rings. The number of nitrogens with two attached hydrogens (primary N) is 1. The van der Waals surface area contributed by atoms with Crippen LogP contribution in [0.15, 0.2) is 40.7 Å². The van der Waals surface area contributed by atoms with Gasteiger partial charge in [0.25, 0.3) is 0 Å². The first-order valence-corrected chi connectivity index (χ1v) is 15.5. The lowest BCUT2D eigenvalue weighted by Gasteiger charge is -2.29. The van der Waals surface area contributed by atoms with E-state index in [0.29, 0.717) is 32.0 Å².